The molecule has 3 N–H and O–H groups in total. The molecule has 13 nitrogen and oxygen atoms in total. The van der Waals surface area contributed by atoms with Crippen molar-refractivity contribution in [3.8, 4) is 0 Å². The van der Waals surface area contributed by atoms with E-state index in [1.165, 1.54) is 24.3 Å². The molecule has 226 valence electrons. The highest BCUT2D eigenvalue weighted by Gasteiger charge is 2.46. The van der Waals surface area contributed by atoms with E-state index in [9.17, 15) is 24.0 Å². The molecular formula is C29H34N2O11. The largest absolute Gasteiger partial charge is 0.462 e. The molecule has 2 heterocycles. The van der Waals surface area contributed by atoms with Crippen molar-refractivity contribution >= 4 is 35.8 Å². The summed E-state index contributed by atoms with van der Waals surface area (Å²) in [6, 6.07) is 6.29. The second-order valence-corrected chi connectivity index (χ2v) is 10.7. The molecule has 2 aliphatic heterocycles. The quantitative estimate of drug-likeness (QED) is 0.186. The van der Waals surface area contributed by atoms with Crippen LogP contribution in [0.5, 0.6) is 0 Å². The predicted molar refractivity (Wildman–Crippen MR) is 144 cm³/mol. The van der Waals surface area contributed by atoms with Gasteiger partial charge in [0.15, 0.2) is 0 Å². The molecule has 3 aliphatic rings. The highest BCUT2D eigenvalue weighted by molar-refractivity contribution is 5.95. The van der Waals surface area contributed by atoms with Crippen LogP contribution in [0.25, 0.3) is 6.08 Å². The first-order valence-electron chi connectivity index (χ1n) is 13.5. The van der Waals surface area contributed by atoms with Crippen LogP contribution in [-0.4, -0.2) is 92.3 Å². The summed E-state index contributed by atoms with van der Waals surface area (Å²) in [5, 5.41) is 13.9. The Kier molecular flexibility index (Phi) is 10.1. The molecule has 1 aromatic rings. The minimum Gasteiger partial charge on any atom is -0.462 e. The second-order valence-electron chi connectivity index (χ2n) is 10.7. The summed E-state index contributed by atoms with van der Waals surface area (Å²) < 4.78 is 27.1. The number of esters is 3. The first-order valence-corrected chi connectivity index (χ1v) is 13.5. The highest BCUT2D eigenvalue weighted by atomic mass is 16.7. The Morgan fingerprint density at radius 1 is 1.07 bits per heavy atom. The SMILES string of the molecule is CC1(C)COC(=O)C1OC(=O)C=Cc1ccc(C(=O)OC2CC(C(=O)NCCC(=O)NCCO)=CC3OCOC32)cc1. The molecule has 0 aromatic heterocycles. The number of cyclic esters (lactones) is 1. The Morgan fingerprint density at radius 2 is 1.83 bits per heavy atom. The number of hydrogen-bond acceptors (Lipinski definition) is 11. The van der Waals surface area contributed by atoms with Crippen LogP contribution < -0.4 is 10.6 Å². The summed E-state index contributed by atoms with van der Waals surface area (Å²) in [5.74, 6) is -2.62. The van der Waals surface area contributed by atoms with Crippen molar-refractivity contribution < 1.29 is 52.8 Å². The van der Waals surface area contributed by atoms with Crippen molar-refractivity contribution in [3.05, 3.63) is 53.1 Å². The lowest BCUT2D eigenvalue weighted by molar-refractivity contribution is -0.159. The number of amides is 2. The lowest BCUT2D eigenvalue weighted by Crippen LogP contribution is -2.43. The number of aliphatic hydroxyl groups excluding tert-OH is 1. The Labute approximate surface area is 242 Å². The van der Waals surface area contributed by atoms with Gasteiger partial charge in [-0.3, -0.25) is 9.59 Å². The smallest absolute Gasteiger partial charge is 0.348 e. The molecule has 2 saturated heterocycles. The van der Waals surface area contributed by atoms with Gasteiger partial charge in [0.25, 0.3) is 0 Å². The van der Waals surface area contributed by atoms with Crippen LogP contribution >= 0.6 is 0 Å². The van der Waals surface area contributed by atoms with E-state index < -0.39 is 53.6 Å². The third-order valence-corrected chi connectivity index (χ3v) is 6.92. The van der Waals surface area contributed by atoms with Gasteiger partial charge >= 0.3 is 17.9 Å². The first-order chi connectivity index (χ1) is 20.1. The molecule has 0 radical (unpaired) electrons. The van der Waals surface area contributed by atoms with Gasteiger partial charge in [-0.05, 0) is 29.8 Å². The van der Waals surface area contributed by atoms with E-state index in [1.807, 2.05) is 0 Å². The van der Waals surface area contributed by atoms with E-state index >= 15 is 0 Å². The molecule has 0 spiro atoms. The fourth-order valence-corrected chi connectivity index (χ4v) is 4.60. The Balaban J connectivity index is 1.30. The molecule has 2 fully saturated rings. The molecule has 42 heavy (non-hydrogen) atoms. The van der Waals surface area contributed by atoms with Gasteiger partial charge in [-0.2, -0.15) is 0 Å². The third kappa shape index (κ3) is 7.81. The summed E-state index contributed by atoms with van der Waals surface area (Å²) in [4.78, 5) is 61.4. The zero-order valence-electron chi connectivity index (χ0n) is 23.3. The van der Waals surface area contributed by atoms with Gasteiger partial charge in [0.2, 0.25) is 17.9 Å². The van der Waals surface area contributed by atoms with Crippen LogP contribution in [0.2, 0.25) is 0 Å². The number of ether oxygens (including phenoxy) is 5. The fraction of sp³-hybridized carbons (Fsp3) is 0.483. The molecule has 0 bridgehead atoms. The van der Waals surface area contributed by atoms with Crippen molar-refractivity contribution in [2.24, 2.45) is 5.41 Å². The summed E-state index contributed by atoms with van der Waals surface area (Å²) in [5.41, 5.74) is 0.580. The van der Waals surface area contributed by atoms with Gasteiger partial charge in [-0.25, -0.2) is 14.4 Å². The van der Waals surface area contributed by atoms with Crippen molar-refractivity contribution in [2.45, 2.75) is 51.1 Å². The lowest BCUT2D eigenvalue weighted by Gasteiger charge is -2.30. The summed E-state index contributed by atoms with van der Waals surface area (Å²) in [6.07, 6.45) is 1.53. The molecular weight excluding hydrogens is 552 g/mol. The van der Waals surface area contributed by atoms with E-state index in [4.69, 9.17) is 28.8 Å². The summed E-state index contributed by atoms with van der Waals surface area (Å²) >= 11 is 0. The third-order valence-electron chi connectivity index (χ3n) is 6.92. The van der Waals surface area contributed by atoms with Gasteiger partial charge in [-0.15, -0.1) is 0 Å². The van der Waals surface area contributed by atoms with E-state index in [0.717, 1.165) is 0 Å². The van der Waals surface area contributed by atoms with Crippen molar-refractivity contribution in [2.75, 3.05) is 33.1 Å². The van der Waals surface area contributed by atoms with E-state index in [2.05, 4.69) is 10.6 Å². The predicted octanol–water partition coefficient (Wildman–Crippen LogP) is 0.406. The zero-order valence-corrected chi connectivity index (χ0v) is 23.3. The number of hydrogen-bond donors (Lipinski definition) is 3. The maximum absolute atomic E-state index is 12.9. The minimum atomic E-state index is -0.981. The van der Waals surface area contributed by atoms with Crippen LogP contribution in [0, 0.1) is 5.41 Å². The van der Waals surface area contributed by atoms with Crippen molar-refractivity contribution in [1.29, 1.82) is 0 Å². The van der Waals surface area contributed by atoms with E-state index in [0.29, 0.717) is 11.1 Å². The van der Waals surface area contributed by atoms with Crippen LogP contribution in [0.1, 0.15) is 42.6 Å². The number of carbonyl (C=O) groups is 5. The number of aliphatic hydroxyl groups is 1. The Bertz CT molecular complexity index is 1250. The molecule has 1 aromatic carbocycles. The van der Waals surface area contributed by atoms with Gasteiger partial charge in [0.05, 0.1) is 12.2 Å². The number of rotatable bonds is 11. The maximum atomic E-state index is 12.9. The summed E-state index contributed by atoms with van der Waals surface area (Å²) in [7, 11) is 0. The number of fused-ring (bicyclic) bond motifs is 1. The Hall–Kier alpha value is -4.07. The highest BCUT2D eigenvalue weighted by Crippen LogP contribution is 2.32. The monoisotopic (exact) mass is 586 g/mol. The molecule has 0 saturated carbocycles. The van der Waals surface area contributed by atoms with E-state index in [-0.39, 0.29) is 57.4 Å². The molecule has 2 amide bonds. The van der Waals surface area contributed by atoms with E-state index in [1.54, 1.807) is 32.1 Å². The lowest BCUT2D eigenvalue weighted by atomic mass is 9.90. The van der Waals surface area contributed by atoms with Crippen LogP contribution in [0.3, 0.4) is 0 Å². The van der Waals surface area contributed by atoms with Gasteiger partial charge in [0.1, 0.15) is 31.7 Å². The zero-order chi connectivity index (χ0) is 30.3. The van der Waals surface area contributed by atoms with Crippen molar-refractivity contribution in [3.63, 3.8) is 0 Å². The van der Waals surface area contributed by atoms with Gasteiger partial charge in [-0.1, -0.05) is 26.0 Å². The van der Waals surface area contributed by atoms with Crippen LogP contribution in [-0.2, 0) is 42.9 Å². The Morgan fingerprint density at radius 3 is 2.52 bits per heavy atom. The van der Waals surface area contributed by atoms with Gasteiger partial charge in [0, 0.05) is 43.0 Å². The molecule has 4 rings (SSSR count). The molecule has 4 atom stereocenters. The normalized spacial score (nSPS) is 24.4. The molecule has 4 unspecified atom stereocenters. The minimum absolute atomic E-state index is 0.0112. The van der Waals surface area contributed by atoms with Crippen LogP contribution in [0.4, 0.5) is 0 Å². The first kappa shape index (κ1) is 30.9. The number of benzene rings is 1. The average molecular weight is 587 g/mol. The summed E-state index contributed by atoms with van der Waals surface area (Å²) in [6.45, 7) is 3.76. The standard InChI is InChI=1S/C29H34N2O11/c1-29(2)15-38-28(37)25(29)42-23(34)8-5-17-3-6-18(7-4-17)27(36)41-21-14-19(13-20-24(21)40-16-39-20)26(35)31-10-9-22(33)30-11-12-32/h3-8,13,20-21,24-25,32H,9-12,14-16H2,1-2H3,(H,30,33)(H,31,35). The molecule has 13 heteroatoms. The van der Waals surface area contributed by atoms with Crippen molar-refractivity contribution in [1.82, 2.24) is 10.6 Å². The average Bonchev–Trinajstić information content (AvgIpc) is 3.55. The second kappa shape index (κ2) is 13.7. The number of nitrogens with one attached hydrogen (secondary N) is 2. The topological polar surface area (TPSA) is 176 Å². The van der Waals surface area contributed by atoms with Crippen LogP contribution in [0.15, 0.2) is 42.0 Å². The number of carbonyl (C=O) groups excluding carboxylic acids is 5. The molecule has 1 aliphatic carbocycles. The van der Waals surface area contributed by atoms with Gasteiger partial charge < -0.3 is 39.4 Å². The maximum Gasteiger partial charge on any atom is 0.348 e. The fourth-order valence-electron chi connectivity index (χ4n) is 4.60.